The van der Waals surface area contributed by atoms with E-state index in [1.54, 1.807) is 24.7 Å². The smallest absolute Gasteiger partial charge is 0.212 e. The lowest BCUT2D eigenvalue weighted by atomic mass is 9.68. The van der Waals surface area contributed by atoms with Crippen molar-refractivity contribution in [2.75, 3.05) is 18.0 Å². The number of benzene rings is 4. The Labute approximate surface area is 406 Å². The van der Waals surface area contributed by atoms with E-state index in [9.17, 15) is 9.50 Å². The van der Waals surface area contributed by atoms with Crippen LogP contribution in [0.5, 0.6) is 11.5 Å². The number of halogens is 1. The van der Waals surface area contributed by atoms with Crippen molar-refractivity contribution in [3.63, 3.8) is 0 Å². The van der Waals surface area contributed by atoms with E-state index in [1.807, 2.05) is 54.7 Å². The minimum absolute atomic E-state index is 0.142. The van der Waals surface area contributed by atoms with Crippen LogP contribution in [0.25, 0.3) is 22.3 Å². The molecule has 4 aromatic carbocycles. The number of aliphatic hydroxyl groups is 1. The zero-order chi connectivity index (χ0) is 48.4. The van der Waals surface area contributed by atoms with Gasteiger partial charge < -0.3 is 19.5 Å². The molecule has 9 heteroatoms. The van der Waals surface area contributed by atoms with E-state index >= 15 is 0 Å². The van der Waals surface area contributed by atoms with Crippen LogP contribution in [-0.2, 0) is 24.0 Å². The summed E-state index contributed by atoms with van der Waals surface area (Å²) in [6.45, 7) is 16.0. The first-order valence-corrected chi connectivity index (χ1v) is 23.9. The molecule has 3 atom stereocenters. The van der Waals surface area contributed by atoms with Gasteiger partial charge in [0.1, 0.15) is 30.5 Å². The molecule has 0 bridgehead atoms. The Morgan fingerprint density at radius 1 is 0.536 bits per heavy atom. The van der Waals surface area contributed by atoms with Crippen molar-refractivity contribution >= 4 is 5.82 Å². The van der Waals surface area contributed by atoms with E-state index < -0.39 is 5.95 Å². The number of β-amino-alcohol motifs (C(OH)–C–C–N with tert-alkyl or cyclic N) is 1. The van der Waals surface area contributed by atoms with Gasteiger partial charge in [-0.3, -0.25) is 9.97 Å². The average Bonchev–Trinajstić information content (AvgIpc) is 3.84. The number of ether oxygens (including phenoxy) is 2. The quantitative estimate of drug-likeness (QED) is 0.102. The molecule has 8 aromatic rings. The maximum absolute atomic E-state index is 13.1. The topological polar surface area (TPSA) is 93.5 Å². The van der Waals surface area contributed by atoms with Crippen LogP contribution < -0.4 is 14.4 Å². The molecule has 0 amide bonds. The van der Waals surface area contributed by atoms with Crippen molar-refractivity contribution < 1.29 is 19.0 Å². The molecule has 69 heavy (non-hydrogen) atoms. The maximum Gasteiger partial charge on any atom is 0.212 e. The van der Waals surface area contributed by atoms with E-state index in [-0.39, 0.29) is 16.9 Å². The monoisotopic (exact) mass is 919 g/mol. The number of hydrogen-bond acceptors (Lipinski definition) is 8. The zero-order valence-corrected chi connectivity index (χ0v) is 40.5. The Hall–Kier alpha value is -7.23. The number of nitrogens with zero attached hydrogens (tertiary/aromatic N) is 5. The predicted octanol–water partition coefficient (Wildman–Crippen LogP) is 13.1. The van der Waals surface area contributed by atoms with Gasteiger partial charge in [0.25, 0.3) is 0 Å². The van der Waals surface area contributed by atoms with Crippen LogP contribution in [0.1, 0.15) is 81.6 Å². The summed E-state index contributed by atoms with van der Waals surface area (Å²) in [5.41, 5.74) is 10.7. The Morgan fingerprint density at radius 2 is 0.957 bits per heavy atom. The molecular formula is C60H62FN5O3. The average molecular weight is 920 g/mol. The largest absolute Gasteiger partial charge is 0.487 e. The maximum atomic E-state index is 13.1. The number of rotatable bonds is 15. The van der Waals surface area contributed by atoms with E-state index in [0.717, 1.165) is 63.9 Å². The van der Waals surface area contributed by atoms with Gasteiger partial charge in [-0.15, -0.1) is 0 Å². The number of hydrogen-bond donors (Lipinski definition) is 1. The summed E-state index contributed by atoms with van der Waals surface area (Å²) < 4.78 is 25.0. The third-order valence-corrected chi connectivity index (χ3v) is 14.0. The molecule has 1 N–H and O–H groups in total. The fourth-order valence-electron chi connectivity index (χ4n) is 9.00. The highest BCUT2D eigenvalue weighted by Crippen LogP contribution is 2.42. The van der Waals surface area contributed by atoms with Crippen LogP contribution in [-0.4, -0.2) is 44.2 Å². The first-order valence-electron chi connectivity index (χ1n) is 23.9. The van der Waals surface area contributed by atoms with Crippen LogP contribution in [0.2, 0.25) is 0 Å². The van der Waals surface area contributed by atoms with Gasteiger partial charge in [-0.2, -0.15) is 4.39 Å². The molecule has 0 spiro atoms. The summed E-state index contributed by atoms with van der Waals surface area (Å²) in [4.78, 5) is 19.2. The lowest BCUT2D eigenvalue weighted by molar-refractivity contribution is 0.198. The van der Waals surface area contributed by atoms with Crippen molar-refractivity contribution in [3.8, 4) is 33.8 Å². The summed E-state index contributed by atoms with van der Waals surface area (Å²) in [6, 6.07) is 53.1. The standard InChI is InChI=1S/C32H35N3O2.C28H27FN2O/c1-23(2)32(3,27-12-14-30(15-13-27)37-22-28-6-4-5-18-33-28)26-10-7-24(8-11-26)25-9-16-31(34-20-25)35-19-17-29(36)21-35;1-20(2)28(3,23-10-7-21(8-11-23)22-9-16-27(29)31-18-22)24-12-14-26(15-13-24)32-19-25-6-4-5-17-30-25/h4-16,18,20,23,29,36H,17,19,21-22H2,1-3H3;4-18,20H,19H2,1-3H3/t29-,32?;/m0./s1. The van der Waals surface area contributed by atoms with Crippen LogP contribution in [0.4, 0.5) is 10.2 Å². The van der Waals surface area contributed by atoms with Gasteiger partial charge in [-0.25, -0.2) is 9.97 Å². The van der Waals surface area contributed by atoms with Crippen molar-refractivity contribution in [3.05, 3.63) is 222 Å². The molecule has 4 aromatic heterocycles. The Kier molecular flexibility index (Phi) is 15.2. The normalized spacial score (nSPS) is 15.2. The molecule has 5 heterocycles. The van der Waals surface area contributed by atoms with Gasteiger partial charge in [0, 0.05) is 59.8 Å². The van der Waals surface area contributed by atoms with E-state index in [2.05, 4.69) is 163 Å². The molecule has 0 radical (unpaired) electrons. The SMILES string of the molecule is CC(C)C(C)(c1ccc(OCc2ccccn2)cc1)c1ccc(-c2ccc(F)nc2)cc1.CC(C)C(C)(c1ccc(OCc2ccccn2)cc1)c1ccc(-c2ccc(N3CC[C@H](O)C3)nc2)cc1. The van der Waals surface area contributed by atoms with Gasteiger partial charge >= 0.3 is 0 Å². The summed E-state index contributed by atoms with van der Waals surface area (Å²) in [7, 11) is 0. The lowest BCUT2D eigenvalue weighted by Crippen LogP contribution is -2.30. The number of anilines is 1. The number of aliphatic hydroxyl groups excluding tert-OH is 1. The predicted molar refractivity (Wildman–Crippen MR) is 275 cm³/mol. The molecule has 1 saturated heterocycles. The van der Waals surface area contributed by atoms with E-state index in [1.165, 1.54) is 28.3 Å². The fraction of sp³-hybridized carbons (Fsp3) is 0.267. The Balaban J connectivity index is 0.000000188. The molecule has 0 saturated carbocycles. The zero-order valence-electron chi connectivity index (χ0n) is 40.5. The highest BCUT2D eigenvalue weighted by molar-refractivity contribution is 5.65. The Morgan fingerprint density at radius 3 is 1.30 bits per heavy atom. The summed E-state index contributed by atoms with van der Waals surface area (Å²) in [6.07, 6.45) is 7.61. The van der Waals surface area contributed by atoms with Gasteiger partial charge in [-0.05, 0) is 124 Å². The highest BCUT2D eigenvalue weighted by Gasteiger charge is 2.34. The molecule has 1 aliphatic rings. The van der Waals surface area contributed by atoms with Crippen molar-refractivity contribution in [2.24, 2.45) is 11.8 Å². The number of pyridine rings is 4. The summed E-state index contributed by atoms with van der Waals surface area (Å²) in [5, 5.41) is 9.81. The minimum Gasteiger partial charge on any atom is -0.487 e. The minimum atomic E-state index is -0.467. The second kappa shape index (κ2) is 21.8. The van der Waals surface area contributed by atoms with Gasteiger partial charge in [0.05, 0.1) is 17.5 Å². The van der Waals surface area contributed by atoms with Crippen LogP contribution in [0, 0.1) is 17.8 Å². The van der Waals surface area contributed by atoms with E-state index in [4.69, 9.17) is 9.47 Å². The second-order valence-electron chi connectivity index (χ2n) is 18.8. The third-order valence-electron chi connectivity index (χ3n) is 14.0. The molecule has 8 nitrogen and oxygen atoms in total. The molecular weight excluding hydrogens is 858 g/mol. The van der Waals surface area contributed by atoms with Crippen LogP contribution >= 0.6 is 0 Å². The van der Waals surface area contributed by atoms with Crippen LogP contribution in [0.3, 0.4) is 0 Å². The van der Waals surface area contributed by atoms with E-state index in [0.29, 0.717) is 31.6 Å². The van der Waals surface area contributed by atoms with Gasteiger partial charge in [0.2, 0.25) is 5.95 Å². The van der Waals surface area contributed by atoms with Crippen LogP contribution in [0.15, 0.2) is 183 Å². The molecule has 1 fully saturated rings. The highest BCUT2D eigenvalue weighted by atomic mass is 19.1. The lowest BCUT2D eigenvalue weighted by Gasteiger charge is -2.35. The van der Waals surface area contributed by atoms with Crippen molar-refractivity contribution in [2.45, 2.75) is 78.1 Å². The van der Waals surface area contributed by atoms with Gasteiger partial charge in [-0.1, -0.05) is 126 Å². The first-order chi connectivity index (χ1) is 33.4. The summed E-state index contributed by atoms with van der Waals surface area (Å²) >= 11 is 0. The summed E-state index contributed by atoms with van der Waals surface area (Å²) in [5.74, 6) is 2.90. The molecule has 0 aliphatic carbocycles. The molecule has 352 valence electrons. The molecule has 1 aliphatic heterocycles. The molecule has 9 rings (SSSR count). The third kappa shape index (κ3) is 11.4. The van der Waals surface area contributed by atoms with Gasteiger partial charge in [0.15, 0.2) is 0 Å². The van der Waals surface area contributed by atoms with Crippen molar-refractivity contribution in [1.82, 2.24) is 19.9 Å². The second-order valence-corrected chi connectivity index (χ2v) is 18.8. The first kappa shape index (κ1) is 48.2. The molecule has 2 unspecified atom stereocenters. The van der Waals surface area contributed by atoms with Crippen molar-refractivity contribution in [1.29, 1.82) is 0 Å². The number of aromatic nitrogens is 4. The Bertz CT molecular complexity index is 2830. The fourth-order valence-corrected chi connectivity index (χ4v) is 9.00.